The summed E-state index contributed by atoms with van der Waals surface area (Å²) in [6, 6.07) is 0. The second-order valence-electron chi connectivity index (χ2n) is 2.24. The van der Waals surface area contributed by atoms with Crippen LogP contribution in [0.1, 0.15) is 6.42 Å². The maximum atomic E-state index is 10.8. The van der Waals surface area contributed by atoms with Gasteiger partial charge in [0.2, 0.25) is 0 Å². The highest BCUT2D eigenvalue weighted by Crippen LogP contribution is 2.02. The number of carbonyl (C=O) groups is 1. The minimum absolute atomic E-state index is 0.225. The van der Waals surface area contributed by atoms with Crippen LogP contribution in [0.2, 0.25) is 0 Å². The minimum atomic E-state index is -0.225. The first-order valence-electron chi connectivity index (χ1n) is 3.46. The zero-order valence-corrected chi connectivity index (χ0v) is 5.88. The van der Waals surface area contributed by atoms with Crippen LogP contribution in [0.15, 0.2) is 0 Å². The second-order valence-corrected chi connectivity index (χ2v) is 2.24. The van der Waals surface area contributed by atoms with Gasteiger partial charge in [-0.15, -0.1) is 0 Å². The molecule has 1 rings (SSSR count). The summed E-state index contributed by atoms with van der Waals surface area (Å²) in [4.78, 5) is 12.5. The Bertz CT molecular complexity index is 125. The molecule has 58 valence electrons. The first kappa shape index (κ1) is 7.34. The third-order valence-electron chi connectivity index (χ3n) is 1.46. The lowest BCUT2D eigenvalue weighted by atomic mass is 10.4. The first-order valence-corrected chi connectivity index (χ1v) is 3.46. The largest absolute Gasteiger partial charge is 0.449 e. The molecule has 1 saturated heterocycles. The first-order chi connectivity index (χ1) is 4.84. The molecule has 0 spiro atoms. The van der Waals surface area contributed by atoms with Gasteiger partial charge >= 0.3 is 6.09 Å². The quantitative estimate of drug-likeness (QED) is 0.583. The average molecular weight is 144 g/mol. The zero-order chi connectivity index (χ0) is 7.40. The van der Waals surface area contributed by atoms with Gasteiger partial charge in [0.1, 0.15) is 0 Å². The maximum Gasteiger partial charge on any atom is 0.409 e. The van der Waals surface area contributed by atoms with Gasteiger partial charge in [0.25, 0.3) is 0 Å². The Morgan fingerprint density at radius 2 is 2.50 bits per heavy atom. The molecule has 1 fully saturated rings. The molecule has 2 N–H and O–H groups in total. The van der Waals surface area contributed by atoms with E-state index in [9.17, 15) is 4.79 Å². The summed E-state index contributed by atoms with van der Waals surface area (Å²) in [7, 11) is 0. The van der Waals surface area contributed by atoms with Crippen molar-refractivity contribution in [1.29, 1.82) is 0 Å². The van der Waals surface area contributed by atoms with Crippen molar-refractivity contribution in [2.75, 3.05) is 26.2 Å². The van der Waals surface area contributed by atoms with E-state index in [1.54, 1.807) is 4.90 Å². The summed E-state index contributed by atoms with van der Waals surface area (Å²) >= 11 is 0. The smallest absolute Gasteiger partial charge is 0.409 e. The van der Waals surface area contributed by atoms with E-state index < -0.39 is 0 Å². The van der Waals surface area contributed by atoms with Crippen molar-refractivity contribution >= 4 is 6.09 Å². The summed E-state index contributed by atoms with van der Waals surface area (Å²) < 4.78 is 4.77. The van der Waals surface area contributed by atoms with Gasteiger partial charge in [-0.2, -0.15) is 0 Å². The number of amides is 1. The van der Waals surface area contributed by atoms with E-state index >= 15 is 0 Å². The molecule has 0 aromatic carbocycles. The summed E-state index contributed by atoms with van der Waals surface area (Å²) in [6.07, 6.45) is 0.697. The van der Waals surface area contributed by atoms with Crippen molar-refractivity contribution in [3.05, 3.63) is 0 Å². The molecular formula is C6H12N2O2. The Morgan fingerprint density at radius 1 is 1.70 bits per heavy atom. The van der Waals surface area contributed by atoms with Crippen LogP contribution in [0.3, 0.4) is 0 Å². The monoisotopic (exact) mass is 144 g/mol. The highest BCUT2D eigenvalue weighted by molar-refractivity contribution is 5.68. The summed E-state index contributed by atoms with van der Waals surface area (Å²) in [5, 5.41) is 0. The van der Waals surface area contributed by atoms with Gasteiger partial charge in [-0.25, -0.2) is 4.79 Å². The maximum absolute atomic E-state index is 10.8. The highest BCUT2D eigenvalue weighted by atomic mass is 16.6. The van der Waals surface area contributed by atoms with E-state index in [2.05, 4.69) is 0 Å². The molecule has 0 atom stereocenters. The Morgan fingerprint density at radius 3 is 3.10 bits per heavy atom. The molecule has 0 radical (unpaired) electrons. The Hall–Kier alpha value is -0.770. The SMILES string of the molecule is NCCN1CCCOC1=O. The summed E-state index contributed by atoms with van der Waals surface area (Å²) in [6.45, 7) is 2.46. The number of ether oxygens (including phenoxy) is 1. The van der Waals surface area contributed by atoms with Gasteiger partial charge in [-0.05, 0) is 6.42 Å². The van der Waals surface area contributed by atoms with Gasteiger partial charge in [0.15, 0.2) is 0 Å². The van der Waals surface area contributed by atoms with Gasteiger partial charge in [0, 0.05) is 19.6 Å². The zero-order valence-electron chi connectivity index (χ0n) is 5.88. The number of cyclic esters (lactones) is 1. The standard InChI is InChI=1S/C6H12N2O2/c7-2-4-8-3-1-5-10-6(8)9/h1-5,7H2. The van der Waals surface area contributed by atoms with Crippen molar-refractivity contribution in [3.63, 3.8) is 0 Å². The van der Waals surface area contributed by atoms with E-state index in [4.69, 9.17) is 10.5 Å². The Kier molecular flexibility index (Phi) is 2.50. The van der Waals surface area contributed by atoms with E-state index in [0.717, 1.165) is 13.0 Å². The van der Waals surface area contributed by atoms with Gasteiger partial charge in [0.05, 0.1) is 6.61 Å². The van der Waals surface area contributed by atoms with Crippen LogP contribution in [0, 0.1) is 0 Å². The highest BCUT2D eigenvalue weighted by Gasteiger charge is 2.17. The van der Waals surface area contributed by atoms with Crippen LogP contribution in [-0.2, 0) is 4.74 Å². The molecule has 0 aliphatic carbocycles. The van der Waals surface area contributed by atoms with E-state index in [-0.39, 0.29) is 6.09 Å². The summed E-state index contributed by atoms with van der Waals surface area (Å²) in [5.74, 6) is 0. The molecule has 1 aliphatic rings. The molecule has 4 heteroatoms. The van der Waals surface area contributed by atoms with Crippen molar-refractivity contribution in [1.82, 2.24) is 4.90 Å². The van der Waals surface area contributed by atoms with Crippen molar-refractivity contribution in [3.8, 4) is 0 Å². The van der Waals surface area contributed by atoms with Crippen LogP contribution in [0.5, 0.6) is 0 Å². The number of nitrogens with zero attached hydrogens (tertiary/aromatic N) is 1. The summed E-state index contributed by atoms with van der Waals surface area (Å²) in [5.41, 5.74) is 5.27. The molecule has 1 heterocycles. The normalized spacial score (nSPS) is 18.9. The van der Waals surface area contributed by atoms with Crippen LogP contribution < -0.4 is 5.73 Å². The van der Waals surface area contributed by atoms with Gasteiger partial charge in [-0.3, -0.25) is 0 Å². The third-order valence-corrected chi connectivity index (χ3v) is 1.46. The molecular weight excluding hydrogens is 132 g/mol. The van der Waals surface area contributed by atoms with Crippen molar-refractivity contribution < 1.29 is 9.53 Å². The minimum Gasteiger partial charge on any atom is -0.449 e. The van der Waals surface area contributed by atoms with Crippen LogP contribution >= 0.6 is 0 Å². The molecule has 4 nitrogen and oxygen atoms in total. The van der Waals surface area contributed by atoms with E-state index in [1.807, 2.05) is 0 Å². The molecule has 0 bridgehead atoms. The van der Waals surface area contributed by atoms with Crippen LogP contribution in [-0.4, -0.2) is 37.2 Å². The molecule has 0 aromatic heterocycles. The fourth-order valence-electron chi connectivity index (χ4n) is 0.956. The van der Waals surface area contributed by atoms with Crippen LogP contribution in [0.25, 0.3) is 0 Å². The lowest BCUT2D eigenvalue weighted by molar-refractivity contribution is 0.0742. The topological polar surface area (TPSA) is 55.6 Å². The van der Waals surface area contributed by atoms with Crippen molar-refractivity contribution in [2.45, 2.75) is 6.42 Å². The number of hydrogen-bond acceptors (Lipinski definition) is 3. The number of rotatable bonds is 2. The predicted molar refractivity (Wildman–Crippen MR) is 36.6 cm³/mol. The number of hydrogen-bond donors (Lipinski definition) is 1. The lowest BCUT2D eigenvalue weighted by Crippen LogP contribution is -2.40. The molecule has 0 saturated carbocycles. The Labute approximate surface area is 59.9 Å². The Balaban J connectivity index is 2.32. The number of nitrogens with two attached hydrogens (primary N) is 1. The average Bonchev–Trinajstić information content (AvgIpc) is 1.94. The second kappa shape index (κ2) is 3.41. The number of carbonyl (C=O) groups excluding carboxylic acids is 1. The fraction of sp³-hybridized carbons (Fsp3) is 0.833. The fourth-order valence-corrected chi connectivity index (χ4v) is 0.956. The van der Waals surface area contributed by atoms with Gasteiger partial charge < -0.3 is 15.4 Å². The molecule has 10 heavy (non-hydrogen) atoms. The van der Waals surface area contributed by atoms with Gasteiger partial charge in [-0.1, -0.05) is 0 Å². The lowest BCUT2D eigenvalue weighted by Gasteiger charge is -2.25. The third kappa shape index (κ3) is 1.60. The van der Waals surface area contributed by atoms with Crippen LogP contribution in [0.4, 0.5) is 4.79 Å². The molecule has 0 aromatic rings. The van der Waals surface area contributed by atoms with Crippen molar-refractivity contribution in [2.24, 2.45) is 5.73 Å². The molecule has 0 unspecified atom stereocenters. The van der Waals surface area contributed by atoms with E-state index in [1.165, 1.54) is 0 Å². The molecule has 1 amide bonds. The van der Waals surface area contributed by atoms with E-state index in [0.29, 0.717) is 19.7 Å². The predicted octanol–water partition coefficient (Wildman–Crippen LogP) is -0.213. The molecule has 1 aliphatic heterocycles.